The summed E-state index contributed by atoms with van der Waals surface area (Å²) in [7, 11) is 0. The molecule has 0 bridgehead atoms. The number of aromatic nitrogens is 2. The van der Waals surface area contributed by atoms with Gasteiger partial charge in [-0.05, 0) is 25.5 Å². The normalized spacial score (nSPS) is 21.0. The minimum atomic E-state index is -0.868. The van der Waals surface area contributed by atoms with Crippen LogP contribution in [0.4, 0.5) is 0 Å². The predicted octanol–water partition coefficient (Wildman–Crippen LogP) is 1.81. The molecule has 1 atom stereocenters. The van der Waals surface area contributed by atoms with E-state index in [9.17, 15) is 14.7 Å². The van der Waals surface area contributed by atoms with E-state index in [2.05, 4.69) is 4.98 Å². The Labute approximate surface area is 128 Å². The van der Waals surface area contributed by atoms with Crippen LogP contribution in [-0.2, 0) is 4.79 Å². The van der Waals surface area contributed by atoms with Crippen LogP contribution in [-0.4, -0.2) is 44.5 Å². The first kappa shape index (κ1) is 14.3. The molecule has 1 unspecified atom stereocenters. The van der Waals surface area contributed by atoms with Crippen molar-refractivity contribution in [1.82, 2.24) is 14.5 Å². The Balaban J connectivity index is 1.86. The zero-order valence-corrected chi connectivity index (χ0v) is 12.3. The zero-order valence-electron chi connectivity index (χ0n) is 12.3. The molecule has 1 saturated heterocycles. The van der Waals surface area contributed by atoms with Gasteiger partial charge in [0.05, 0.1) is 17.9 Å². The quantitative estimate of drug-likeness (QED) is 0.938. The molecular weight excluding hydrogens is 282 g/mol. The average Bonchev–Trinajstić information content (AvgIpc) is 3.15. The first-order chi connectivity index (χ1) is 10.5. The Kier molecular flexibility index (Phi) is 3.44. The molecule has 0 aliphatic carbocycles. The largest absolute Gasteiger partial charge is 0.481 e. The number of carboxylic acids is 1. The van der Waals surface area contributed by atoms with Gasteiger partial charge in [-0.25, -0.2) is 4.98 Å². The van der Waals surface area contributed by atoms with Crippen molar-refractivity contribution in [2.45, 2.75) is 13.3 Å². The van der Waals surface area contributed by atoms with Crippen LogP contribution in [0.25, 0.3) is 5.69 Å². The molecule has 2 heterocycles. The predicted molar refractivity (Wildman–Crippen MR) is 79.8 cm³/mol. The van der Waals surface area contributed by atoms with Crippen LogP contribution in [0.5, 0.6) is 0 Å². The van der Waals surface area contributed by atoms with Crippen LogP contribution in [0.15, 0.2) is 42.9 Å². The lowest BCUT2D eigenvalue weighted by Crippen LogP contribution is -2.35. The summed E-state index contributed by atoms with van der Waals surface area (Å²) in [6, 6.07) is 9.47. The van der Waals surface area contributed by atoms with Crippen molar-refractivity contribution in [1.29, 1.82) is 0 Å². The van der Waals surface area contributed by atoms with Crippen molar-refractivity contribution >= 4 is 11.9 Å². The van der Waals surface area contributed by atoms with E-state index in [0.29, 0.717) is 18.7 Å². The number of rotatable bonds is 3. The van der Waals surface area contributed by atoms with E-state index in [1.165, 1.54) is 6.20 Å². The van der Waals surface area contributed by atoms with Gasteiger partial charge < -0.3 is 10.0 Å². The van der Waals surface area contributed by atoms with E-state index in [-0.39, 0.29) is 12.5 Å². The van der Waals surface area contributed by atoms with Gasteiger partial charge in [0.15, 0.2) is 0 Å². The second kappa shape index (κ2) is 5.29. The van der Waals surface area contributed by atoms with E-state index in [1.807, 2.05) is 30.3 Å². The number of carbonyl (C=O) groups excluding carboxylic acids is 1. The summed E-state index contributed by atoms with van der Waals surface area (Å²) >= 11 is 0. The van der Waals surface area contributed by atoms with Gasteiger partial charge in [-0.1, -0.05) is 18.2 Å². The summed E-state index contributed by atoms with van der Waals surface area (Å²) in [5.74, 6) is -1.05. The van der Waals surface area contributed by atoms with Crippen molar-refractivity contribution in [3.8, 4) is 5.69 Å². The molecule has 6 nitrogen and oxygen atoms in total. The van der Waals surface area contributed by atoms with Gasteiger partial charge >= 0.3 is 5.97 Å². The van der Waals surface area contributed by atoms with Crippen molar-refractivity contribution < 1.29 is 14.7 Å². The number of amides is 1. The van der Waals surface area contributed by atoms with Gasteiger partial charge in [0.25, 0.3) is 5.91 Å². The van der Waals surface area contributed by atoms with E-state index in [0.717, 1.165) is 5.69 Å². The Morgan fingerprint density at radius 2 is 2.00 bits per heavy atom. The summed E-state index contributed by atoms with van der Waals surface area (Å²) in [5.41, 5.74) is 0.428. The molecule has 6 heteroatoms. The minimum Gasteiger partial charge on any atom is -0.481 e. The zero-order chi connectivity index (χ0) is 15.7. The number of imidazole rings is 1. The summed E-state index contributed by atoms with van der Waals surface area (Å²) in [4.78, 5) is 29.6. The maximum absolute atomic E-state index is 12.7. The van der Waals surface area contributed by atoms with Crippen LogP contribution in [0.2, 0.25) is 0 Å². The molecule has 1 aromatic heterocycles. The van der Waals surface area contributed by atoms with Crippen molar-refractivity contribution in [2.24, 2.45) is 5.41 Å². The van der Waals surface area contributed by atoms with Crippen LogP contribution in [0.1, 0.15) is 23.8 Å². The molecule has 22 heavy (non-hydrogen) atoms. The van der Waals surface area contributed by atoms with Gasteiger partial charge in [0.2, 0.25) is 0 Å². The third kappa shape index (κ3) is 2.36. The summed E-state index contributed by atoms with van der Waals surface area (Å²) in [6.45, 7) is 2.35. The first-order valence-electron chi connectivity index (χ1n) is 7.12. The van der Waals surface area contributed by atoms with Crippen LogP contribution < -0.4 is 0 Å². The number of hydrogen-bond acceptors (Lipinski definition) is 3. The van der Waals surface area contributed by atoms with Gasteiger partial charge in [-0.2, -0.15) is 0 Å². The molecule has 0 spiro atoms. The maximum Gasteiger partial charge on any atom is 0.311 e. The highest BCUT2D eigenvalue weighted by molar-refractivity contribution is 5.94. The third-order valence-electron chi connectivity index (χ3n) is 4.17. The molecule has 1 fully saturated rings. The van der Waals surface area contributed by atoms with Crippen molar-refractivity contribution in [3.05, 3.63) is 48.5 Å². The second-order valence-corrected chi connectivity index (χ2v) is 5.83. The highest BCUT2D eigenvalue weighted by Gasteiger charge is 2.42. The highest BCUT2D eigenvalue weighted by atomic mass is 16.4. The number of carboxylic acid groups (broad SMARTS) is 1. The van der Waals surface area contributed by atoms with Gasteiger partial charge in [-0.15, -0.1) is 0 Å². The Morgan fingerprint density at radius 1 is 1.27 bits per heavy atom. The molecule has 2 aromatic rings. The fraction of sp³-hybridized carbons (Fsp3) is 0.312. The second-order valence-electron chi connectivity index (χ2n) is 5.83. The number of para-hydroxylation sites is 1. The Hall–Kier alpha value is -2.63. The number of hydrogen-bond donors (Lipinski definition) is 1. The standard InChI is InChI=1S/C16H17N3O3/c1-16(15(21)22)7-8-18(10-16)14(20)13-9-17-11-19(13)12-5-3-2-4-6-12/h2-6,9,11H,7-8,10H2,1H3,(H,21,22). The van der Waals surface area contributed by atoms with Crippen molar-refractivity contribution in [3.63, 3.8) is 0 Å². The van der Waals surface area contributed by atoms with E-state index >= 15 is 0 Å². The molecule has 1 N–H and O–H groups in total. The van der Waals surface area contributed by atoms with Crippen LogP contribution in [0.3, 0.4) is 0 Å². The Bertz CT molecular complexity index is 710. The lowest BCUT2D eigenvalue weighted by molar-refractivity contribution is -0.147. The van der Waals surface area contributed by atoms with Crippen LogP contribution in [0, 0.1) is 5.41 Å². The van der Waals surface area contributed by atoms with Crippen molar-refractivity contribution in [2.75, 3.05) is 13.1 Å². The number of aliphatic carboxylic acids is 1. The molecule has 1 aliphatic heterocycles. The minimum absolute atomic E-state index is 0.189. The van der Waals surface area contributed by atoms with Crippen LogP contribution >= 0.6 is 0 Å². The fourth-order valence-electron chi connectivity index (χ4n) is 2.72. The van der Waals surface area contributed by atoms with E-state index in [1.54, 1.807) is 22.7 Å². The van der Waals surface area contributed by atoms with Gasteiger partial charge in [0, 0.05) is 18.8 Å². The maximum atomic E-state index is 12.7. The number of nitrogens with zero attached hydrogens (tertiary/aromatic N) is 3. The molecular formula is C16H17N3O3. The monoisotopic (exact) mass is 299 g/mol. The third-order valence-corrected chi connectivity index (χ3v) is 4.17. The first-order valence-corrected chi connectivity index (χ1v) is 7.12. The molecule has 1 aromatic carbocycles. The number of carbonyl (C=O) groups is 2. The topological polar surface area (TPSA) is 75.4 Å². The van der Waals surface area contributed by atoms with Gasteiger partial charge in [0.1, 0.15) is 5.69 Å². The summed E-state index contributed by atoms with van der Waals surface area (Å²) < 4.78 is 1.72. The fourth-order valence-corrected chi connectivity index (χ4v) is 2.72. The molecule has 1 amide bonds. The molecule has 0 saturated carbocycles. The molecule has 114 valence electrons. The molecule has 3 rings (SSSR count). The summed E-state index contributed by atoms with van der Waals surface area (Å²) in [5, 5.41) is 9.28. The molecule has 1 aliphatic rings. The summed E-state index contributed by atoms with van der Waals surface area (Å²) in [6.07, 6.45) is 3.58. The SMILES string of the molecule is CC1(C(=O)O)CCN(C(=O)c2cncn2-c2ccccc2)C1. The lowest BCUT2D eigenvalue weighted by Gasteiger charge is -2.20. The molecule has 0 radical (unpaired) electrons. The smallest absolute Gasteiger partial charge is 0.311 e. The van der Waals surface area contributed by atoms with Gasteiger partial charge in [-0.3, -0.25) is 14.2 Å². The number of benzene rings is 1. The highest BCUT2D eigenvalue weighted by Crippen LogP contribution is 2.31. The lowest BCUT2D eigenvalue weighted by atomic mass is 9.90. The van der Waals surface area contributed by atoms with E-state index < -0.39 is 11.4 Å². The average molecular weight is 299 g/mol. The Morgan fingerprint density at radius 3 is 2.64 bits per heavy atom. The number of likely N-dealkylation sites (tertiary alicyclic amines) is 1. The van der Waals surface area contributed by atoms with E-state index in [4.69, 9.17) is 0 Å².